The van der Waals surface area contributed by atoms with Gasteiger partial charge >= 0.3 is 6.03 Å². The maximum absolute atomic E-state index is 12.3. The molecule has 1 aliphatic rings. The highest BCUT2D eigenvalue weighted by Gasteiger charge is 2.33. The van der Waals surface area contributed by atoms with E-state index in [-0.39, 0.29) is 18.1 Å². The molecule has 1 fully saturated rings. The second-order valence-electron chi connectivity index (χ2n) is 4.92. The third-order valence-electron chi connectivity index (χ3n) is 3.33. The first-order valence-electron chi connectivity index (χ1n) is 6.77. The molecule has 1 saturated heterocycles. The number of carbonyl (C=O) groups is 2. The predicted molar refractivity (Wildman–Crippen MR) is 85.0 cm³/mol. The molecule has 2 aromatic carbocycles. The Morgan fingerprint density at radius 2 is 1.68 bits per heavy atom. The molecule has 0 bridgehead atoms. The second kappa shape index (κ2) is 6.03. The average molecular weight is 313 g/mol. The number of halogens is 1. The lowest BCUT2D eigenvalue weighted by atomic mass is 10.2. The fourth-order valence-corrected chi connectivity index (χ4v) is 2.33. The Balaban J connectivity index is 1.80. The number of amides is 3. The molecule has 1 aliphatic heterocycles. The first-order valence-corrected chi connectivity index (χ1v) is 7.15. The average Bonchev–Trinajstić information content (AvgIpc) is 2.78. The molecule has 110 valence electrons. The minimum atomic E-state index is -0.408. The van der Waals surface area contributed by atoms with Crippen molar-refractivity contribution in [3.63, 3.8) is 0 Å². The molecule has 1 N–H and O–H groups in total. The van der Waals surface area contributed by atoms with Crippen LogP contribution in [0, 0.1) is 0 Å². The normalized spacial score (nSPS) is 16.2. The summed E-state index contributed by atoms with van der Waals surface area (Å²) in [5.74, 6) is -0.330. The summed E-state index contributed by atoms with van der Waals surface area (Å²) in [6.07, 6.45) is 1.64. The zero-order valence-corrected chi connectivity index (χ0v) is 12.4. The van der Waals surface area contributed by atoms with Gasteiger partial charge in [0.1, 0.15) is 5.70 Å². The van der Waals surface area contributed by atoms with Crippen LogP contribution in [0.15, 0.2) is 60.3 Å². The van der Waals surface area contributed by atoms with Crippen molar-refractivity contribution in [1.29, 1.82) is 0 Å². The fourth-order valence-electron chi connectivity index (χ4n) is 2.21. The highest BCUT2D eigenvalue weighted by Crippen LogP contribution is 2.18. The van der Waals surface area contributed by atoms with Crippen LogP contribution in [0.5, 0.6) is 0 Å². The molecule has 0 radical (unpaired) electrons. The number of hydrogen-bond donors (Lipinski definition) is 1. The largest absolute Gasteiger partial charge is 0.329 e. The molecular weight excluding hydrogens is 300 g/mol. The summed E-state index contributed by atoms with van der Waals surface area (Å²) in [7, 11) is 0. The molecule has 2 aromatic rings. The van der Waals surface area contributed by atoms with Crippen LogP contribution >= 0.6 is 11.6 Å². The highest BCUT2D eigenvalue weighted by molar-refractivity contribution is 6.30. The van der Waals surface area contributed by atoms with Gasteiger partial charge in [0.05, 0.1) is 6.54 Å². The van der Waals surface area contributed by atoms with E-state index in [1.165, 1.54) is 4.90 Å². The highest BCUT2D eigenvalue weighted by atomic mass is 35.5. The number of benzene rings is 2. The van der Waals surface area contributed by atoms with Gasteiger partial charge in [0.2, 0.25) is 0 Å². The molecule has 5 heteroatoms. The number of urea groups is 1. The van der Waals surface area contributed by atoms with Gasteiger partial charge in [-0.1, -0.05) is 54.1 Å². The van der Waals surface area contributed by atoms with E-state index in [1.54, 1.807) is 30.3 Å². The van der Waals surface area contributed by atoms with Crippen molar-refractivity contribution < 1.29 is 9.59 Å². The van der Waals surface area contributed by atoms with Crippen molar-refractivity contribution >= 4 is 29.6 Å². The zero-order valence-electron chi connectivity index (χ0n) is 11.6. The lowest BCUT2D eigenvalue weighted by molar-refractivity contribution is -0.123. The van der Waals surface area contributed by atoms with Crippen LogP contribution in [0.3, 0.4) is 0 Å². The van der Waals surface area contributed by atoms with Crippen molar-refractivity contribution in [2.24, 2.45) is 0 Å². The fraction of sp³-hybridized carbons (Fsp3) is 0.0588. The van der Waals surface area contributed by atoms with Gasteiger partial charge in [-0.3, -0.25) is 9.69 Å². The first-order chi connectivity index (χ1) is 10.6. The van der Waals surface area contributed by atoms with Crippen LogP contribution in [-0.4, -0.2) is 16.8 Å². The molecule has 22 heavy (non-hydrogen) atoms. The van der Waals surface area contributed by atoms with E-state index in [2.05, 4.69) is 5.32 Å². The Morgan fingerprint density at radius 1 is 1.00 bits per heavy atom. The maximum Gasteiger partial charge on any atom is 0.329 e. The number of nitrogens with zero attached hydrogens (tertiary/aromatic N) is 1. The Labute approximate surface area is 133 Å². The van der Waals surface area contributed by atoms with Crippen LogP contribution in [0.25, 0.3) is 6.08 Å². The first kappa shape index (κ1) is 14.4. The monoisotopic (exact) mass is 312 g/mol. The van der Waals surface area contributed by atoms with E-state index in [0.29, 0.717) is 5.02 Å². The van der Waals surface area contributed by atoms with Crippen molar-refractivity contribution in [3.05, 3.63) is 76.4 Å². The summed E-state index contributed by atoms with van der Waals surface area (Å²) in [6, 6.07) is 16.0. The van der Waals surface area contributed by atoms with Crippen molar-refractivity contribution in [2.45, 2.75) is 6.54 Å². The minimum Gasteiger partial charge on any atom is -0.303 e. The molecule has 0 atom stereocenters. The molecule has 1 heterocycles. The summed E-state index contributed by atoms with van der Waals surface area (Å²) < 4.78 is 0. The van der Waals surface area contributed by atoms with E-state index in [4.69, 9.17) is 11.6 Å². The molecule has 4 nitrogen and oxygen atoms in total. The van der Waals surface area contributed by atoms with Gasteiger partial charge in [-0.25, -0.2) is 4.79 Å². The minimum absolute atomic E-state index is 0.253. The van der Waals surface area contributed by atoms with Crippen molar-refractivity contribution in [3.8, 4) is 0 Å². The standard InChI is InChI=1S/C17H13ClN2O2/c18-14-8-6-12(7-9-14)10-15-16(21)20(17(22)19-15)11-13-4-2-1-3-5-13/h1-10H,11H2,(H,19,22). The van der Waals surface area contributed by atoms with E-state index < -0.39 is 6.03 Å². The smallest absolute Gasteiger partial charge is 0.303 e. The Kier molecular flexibility index (Phi) is 3.94. The zero-order chi connectivity index (χ0) is 15.5. The number of nitrogens with one attached hydrogen (secondary N) is 1. The summed E-state index contributed by atoms with van der Waals surface area (Å²) in [5, 5.41) is 3.22. The van der Waals surface area contributed by atoms with Crippen LogP contribution in [0.2, 0.25) is 5.02 Å². The van der Waals surface area contributed by atoms with Gasteiger partial charge < -0.3 is 5.32 Å². The lowest BCUT2D eigenvalue weighted by Gasteiger charge is -2.11. The quantitative estimate of drug-likeness (QED) is 0.697. The van der Waals surface area contributed by atoms with Crippen molar-refractivity contribution in [2.75, 3.05) is 0 Å². The SMILES string of the molecule is O=C1NC(=Cc2ccc(Cl)cc2)C(=O)N1Cc1ccccc1. The molecule has 0 aromatic heterocycles. The lowest BCUT2D eigenvalue weighted by Crippen LogP contribution is -2.30. The third kappa shape index (κ3) is 3.02. The predicted octanol–water partition coefficient (Wildman–Crippen LogP) is 3.43. The topological polar surface area (TPSA) is 49.4 Å². The third-order valence-corrected chi connectivity index (χ3v) is 3.58. The Hall–Kier alpha value is -2.59. The molecule has 0 unspecified atom stereocenters. The van der Waals surface area contributed by atoms with Crippen LogP contribution in [-0.2, 0) is 11.3 Å². The molecular formula is C17H13ClN2O2. The van der Waals surface area contributed by atoms with Gasteiger partial charge in [0.15, 0.2) is 0 Å². The molecule has 3 rings (SSSR count). The molecule has 3 amide bonds. The molecule has 0 saturated carbocycles. The number of imide groups is 1. The van der Waals surface area contributed by atoms with Gasteiger partial charge in [-0.2, -0.15) is 0 Å². The summed E-state index contributed by atoms with van der Waals surface area (Å²) in [6.45, 7) is 0.253. The van der Waals surface area contributed by atoms with E-state index in [1.807, 2.05) is 30.3 Å². The number of rotatable bonds is 3. The molecule has 0 aliphatic carbocycles. The van der Waals surface area contributed by atoms with Crippen LogP contribution < -0.4 is 5.32 Å². The maximum atomic E-state index is 12.3. The van der Waals surface area contributed by atoms with Gasteiger partial charge in [0.25, 0.3) is 5.91 Å². The Morgan fingerprint density at radius 3 is 2.36 bits per heavy atom. The van der Waals surface area contributed by atoms with Crippen LogP contribution in [0.4, 0.5) is 4.79 Å². The molecule has 0 spiro atoms. The summed E-state index contributed by atoms with van der Waals surface area (Å²) in [4.78, 5) is 25.5. The van der Waals surface area contributed by atoms with Gasteiger partial charge in [0, 0.05) is 5.02 Å². The number of carbonyl (C=O) groups excluding carboxylic acids is 2. The summed E-state index contributed by atoms with van der Waals surface area (Å²) >= 11 is 5.83. The number of hydrogen-bond acceptors (Lipinski definition) is 2. The van der Waals surface area contributed by atoms with Crippen LogP contribution in [0.1, 0.15) is 11.1 Å². The van der Waals surface area contributed by atoms with Crippen molar-refractivity contribution in [1.82, 2.24) is 10.2 Å². The summed E-state index contributed by atoms with van der Waals surface area (Å²) in [5.41, 5.74) is 1.97. The van der Waals surface area contributed by atoms with E-state index in [0.717, 1.165) is 11.1 Å². The van der Waals surface area contributed by atoms with Gasteiger partial charge in [-0.05, 0) is 29.3 Å². The van der Waals surface area contributed by atoms with E-state index >= 15 is 0 Å². The van der Waals surface area contributed by atoms with E-state index in [9.17, 15) is 9.59 Å². The Bertz CT molecular complexity index is 739. The van der Waals surface area contributed by atoms with Gasteiger partial charge in [-0.15, -0.1) is 0 Å². The second-order valence-corrected chi connectivity index (χ2v) is 5.35.